The fourth-order valence-electron chi connectivity index (χ4n) is 2.62. The standard InChI is InChI=1S/C15H21BrF2N2/c1-10(2)19-8-11-4-3-7-20(11)9-12-14(17)6-5-13(16)15(12)18/h5-6,10-11,19H,3-4,7-9H2,1-2H3. The van der Waals surface area contributed by atoms with E-state index in [1.54, 1.807) is 0 Å². The second-order valence-corrected chi connectivity index (χ2v) is 6.51. The average molecular weight is 347 g/mol. The Kier molecular flexibility index (Phi) is 5.52. The molecule has 0 bridgehead atoms. The van der Waals surface area contributed by atoms with Crippen LogP contribution in [0.1, 0.15) is 32.3 Å². The van der Waals surface area contributed by atoms with Gasteiger partial charge < -0.3 is 5.32 Å². The van der Waals surface area contributed by atoms with Gasteiger partial charge in [0.2, 0.25) is 0 Å². The first-order valence-electron chi connectivity index (χ1n) is 7.09. The summed E-state index contributed by atoms with van der Waals surface area (Å²) in [4.78, 5) is 2.17. The van der Waals surface area contributed by atoms with E-state index in [1.807, 2.05) is 0 Å². The summed E-state index contributed by atoms with van der Waals surface area (Å²) >= 11 is 3.12. The number of nitrogens with one attached hydrogen (secondary N) is 1. The zero-order valence-corrected chi connectivity index (χ0v) is 13.5. The van der Waals surface area contributed by atoms with Crippen LogP contribution in [0.15, 0.2) is 16.6 Å². The highest BCUT2D eigenvalue weighted by Gasteiger charge is 2.26. The summed E-state index contributed by atoms with van der Waals surface area (Å²) in [7, 11) is 0. The molecule has 1 heterocycles. The van der Waals surface area contributed by atoms with Gasteiger partial charge in [-0.3, -0.25) is 4.90 Å². The summed E-state index contributed by atoms with van der Waals surface area (Å²) in [6, 6.07) is 3.52. The molecule has 0 aliphatic carbocycles. The molecule has 1 aliphatic rings. The third-order valence-electron chi connectivity index (χ3n) is 3.76. The monoisotopic (exact) mass is 346 g/mol. The Morgan fingerprint density at radius 3 is 2.85 bits per heavy atom. The maximum absolute atomic E-state index is 14.0. The molecule has 0 spiro atoms. The highest BCUT2D eigenvalue weighted by molar-refractivity contribution is 9.10. The first kappa shape index (κ1) is 15.9. The van der Waals surface area contributed by atoms with Crippen molar-refractivity contribution in [3.8, 4) is 0 Å². The van der Waals surface area contributed by atoms with E-state index >= 15 is 0 Å². The fourth-order valence-corrected chi connectivity index (χ4v) is 2.99. The molecule has 0 aromatic heterocycles. The van der Waals surface area contributed by atoms with Crippen molar-refractivity contribution in [1.29, 1.82) is 0 Å². The summed E-state index contributed by atoms with van der Waals surface area (Å²) < 4.78 is 28.2. The molecule has 1 unspecified atom stereocenters. The number of hydrogen-bond acceptors (Lipinski definition) is 2. The largest absolute Gasteiger partial charge is 0.313 e. The topological polar surface area (TPSA) is 15.3 Å². The quantitative estimate of drug-likeness (QED) is 0.818. The van der Waals surface area contributed by atoms with Crippen LogP contribution in [0.5, 0.6) is 0 Å². The van der Waals surface area contributed by atoms with Gasteiger partial charge >= 0.3 is 0 Å². The summed E-state index contributed by atoms with van der Waals surface area (Å²) in [6.07, 6.45) is 2.17. The van der Waals surface area contributed by atoms with Crippen LogP contribution in [0.3, 0.4) is 0 Å². The van der Waals surface area contributed by atoms with Crippen LogP contribution < -0.4 is 5.32 Å². The van der Waals surface area contributed by atoms with Gasteiger partial charge in [-0.2, -0.15) is 0 Å². The first-order valence-corrected chi connectivity index (χ1v) is 7.88. The van der Waals surface area contributed by atoms with Gasteiger partial charge in [-0.15, -0.1) is 0 Å². The number of benzene rings is 1. The van der Waals surface area contributed by atoms with E-state index in [0.29, 0.717) is 23.1 Å². The van der Waals surface area contributed by atoms with Crippen LogP contribution in [-0.4, -0.2) is 30.1 Å². The molecule has 1 fully saturated rings. The predicted octanol–water partition coefficient (Wildman–Crippen LogP) is 3.69. The Morgan fingerprint density at radius 2 is 2.15 bits per heavy atom. The van der Waals surface area contributed by atoms with Crippen molar-refractivity contribution < 1.29 is 8.78 Å². The number of rotatable bonds is 5. The van der Waals surface area contributed by atoms with Crippen molar-refractivity contribution in [3.63, 3.8) is 0 Å². The second-order valence-electron chi connectivity index (χ2n) is 5.65. The average Bonchev–Trinajstić information content (AvgIpc) is 2.84. The van der Waals surface area contributed by atoms with Crippen molar-refractivity contribution in [2.24, 2.45) is 0 Å². The Morgan fingerprint density at radius 1 is 1.40 bits per heavy atom. The fraction of sp³-hybridized carbons (Fsp3) is 0.600. The van der Waals surface area contributed by atoms with E-state index < -0.39 is 11.6 Å². The Labute approximate surface area is 127 Å². The van der Waals surface area contributed by atoms with E-state index in [2.05, 4.69) is 40.0 Å². The molecule has 2 nitrogen and oxygen atoms in total. The number of likely N-dealkylation sites (tertiary alicyclic amines) is 1. The highest BCUT2D eigenvalue weighted by atomic mass is 79.9. The highest BCUT2D eigenvalue weighted by Crippen LogP contribution is 2.26. The van der Waals surface area contributed by atoms with Gasteiger partial charge in [0, 0.05) is 30.7 Å². The summed E-state index contributed by atoms with van der Waals surface area (Å²) in [6.45, 7) is 6.31. The van der Waals surface area contributed by atoms with Gasteiger partial charge in [-0.05, 0) is 47.4 Å². The van der Waals surface area contributed by atoms with Gasteiger partial charge in [0.25, 0.3) is 0 Å². The molecular formula is C15H21BrF2N2. The van der Waals surface area contributed by atoms with Gasteiger partial charge in [0.15, 0.2) is 0 Å². The number of halogens is 3. The maximum Gasteiger partial charge on any atom is 0.144 e. The van der Waals surface area contributed by atoms with Crippen molar-refractivity contribution in [2.75, 3.05) is 13.1 Å². The van der Waals surface area contributed by atoms with Crippen LogP contribution >= 0.6 is 15.9 Å². The lowest BCUT2D eigenvalue weighted by Crippen LogP contribution is -2.40. The molecule has 5 heteroatoms. The van der Waals surface area contributed by atoms with Gasteiger partial charge in [-0.1, -0.05) is 13.8 Å². The predicted molar refractivity (Wildman–Crippen MR) is 80.6 cm³/mol. The minimum atomic E-state index is -0.479. The van der Waals surface area contributed by atoms with Crippen LogP contribution in [0.25, 0.3) is 0 Å². The second kappa shape index (κ2) is 6.96. The Bertz CT molecular complexity index is 465. The van der Waals surface area contributed by atoms with Crippen LogP contribution in [0.2, 0.25) is 0 Å². The van der Waals surface area contributed by atoms with Gasteiger partial charge in [0.1, 0.15) is 11.6 Å². The third-order valence-corrected chi connectivity index (χ3v) is 4.37. The molecule has 0 saturated carbocycles. The first-order chi connectivity index (χ1) is 9.49. The van der Waals surface area contributed by atoms with E-state index in [-0.39, 0.29) is 5.56 Å². The molecule has 112 valence electrons. The molecule has 1 aliphatic heterocycles. The normalized spacial score (nSPS) is 20.0. The SMILES string of the molecule is CC(C)NCC1CCCN1Cc1c(F)ccc(Br)c1F. The lowest BCUT2D eigenvalue weighted by Gasteiger charge is -2.26. The van der Waals surface area contributed by atoms with E-state index in [4.69, 9.17) is 0 Å². The van der Waals surface area contributed by atoms with E-state index in [1.165, 1.54) is 12.1 Å². The van der Waals surface area contributed by atoms with Crippen LogP contribution in [0.4, 0.5) is 8.78 Å². The Balaban J connectivity index is 2.07. The zero-order chi connectivity index (χ0) is 14.7. The van der Waals surface area contributed by atoms with Crippen LogP contribution in [-0.2, 0) is 6.54 Å². The van der Waals surface area contributed by atoms with Crippen molar-refractivity contribution in [3.05, 3.63) is 33.8 Å². The number of nitrogens with zero attached hydrogens (tertiary/aromatic N) is 1. The lowest BCUT2D eigenvalue weighted by atomic mass is 10.1. The lowest BCUT2D eigenvalue weighted by molar-refractivity contribution is 0.229. The smallest absolute Gasteiger partial charge is 0.144 e. The van der Waals surface area contributed by atoms with Gasteiger partial charge in [0.05, 0.1) is 4.47 Å². The minimum absolute atomic E-state index is 0.163. The summed E-state index contributed by atoms with van der Waals surface area (Å²) in [5, 5.41) is 3.41. The summed E-state index contributed by atoms with van der Waals surface area (Å²) in [5.41, 5.74) is 0.163. The molecule has 1 aromatic carbocycles. The molecular weight excluding hydrogens is 326 g/mol. The molecule has 1 aromatic rings. The molecule has 1 saturated heterocycles. The van der Waals surface area contributed by atoms with E-state index in [0.717, 1.165) is 25.9 Å². The Hall–Kier alpha value is -0.520. The van der Waals surface area contributed by atoms with E-state index in [9.17, 15) is 8.78 Å². The molecule has 2 rings (SSSR count). The van der Waals surface area contributed by atoms with Crippen molar-refractivity contribution in [2.45, 2.75) is 45.3 Å². The molecule has 20 heavy (non-hydrogen) atoms. The third kappa shape index (κ3) is 3.77. The minimum Gasteiger partial charge on any atom is -0.313 e. The number of hydrogen-bond donors (Lipinski definition) is 1. The molecule has 1 atom stereocenters. The maximum atomic E-state index is 14.0. The van der Waals surface area contributed by atoms with Gasteiger partial charge in [-0.25, -0.2) is 8.78 Å². The van der Waals surface area contributed by atoms with Crippen molar-refractivity contribution >= 4 is 15.9 Å². The molecule has 0 amide bonds. The molecule has 1 N–H and O–H groups in total. The van der Waals surface area contributed by atoms with Crippen LogP contribution in [0, 0.1) is 11.6 Å². The zero-order valence-electron chi connectivity index (χ0n) is 11.9. The van der Waals surface area contributed by atoms with Crippen molar-refractivity contribution in [1.82, 2.24) is 10.2 Å². The summed E-state index contributed by atoms with van der Waals surface area (Å²) in [5.74, 6) is -0.944. The molecule has 0 radical (unpaired) electrons.